The van der Waals surface area contributed by atoms with Gasteiger partial charge in [-0.05, 0) is 37.7 Å². The quantitative estimate of drug-likeness (QED) is 0.689. The van der Waals surface area contributed by atoms with E-state index in [0.29, 0.717) is 19.3 Å². The Morgan fingerprint density at radius 3 is 2.25 bits per heavy atom. The highest BCUT2D eigenvalue weighted by molar-refractivity contribution is 5.88. The second-order valence-electron chi connectivity index (χ2n) is 6.66. The Morgan fingerprint density at radius 2 is 1.75 bits per heavy atom. The molecule has 1 aromatic carbocycles. The molecule has 0 unspecified atom stereocenters. The molecule has 24 heavy (non-hydrogen) atoms. The fourth-order valence-electron chi connectivity index (χ4n) is 2.64. The molecule has 0 aliphatic carbocycles. The van der Waals surface area contributed by atoms with Crippen LogP contribution in [0.1, 0.15) is 45.6 Å². The van der Waals surface area contributed by atoms with Crippen LogP contribution in [0.3, 0.4) is 0 Å². The lowest BCUT2D eigenvalue weighted by atomic mass is 9.93. The molecule has 0 spiro atoms. The molecular weight excluding hydrogens is 306 g/mol. The maximum atomic E-state index is 12.5. The van der Waals surface area contributed by atoms with Gasteiger partial charge in [0.05, 0.1) is 0 Å². The van der Waals surface area contributed by atoms with Gasteiger partial charge in [-0.15, -0.1) is 0 Å². The molecule has 5 nitrogen and oxygen atoms in total. The van der Waals surface area contributed by atoms with Crippen molar-refractivity contribution in [3.63, 3.8) is 0 Å². The molecule has 1 amide bonds. The van der Waals surface area contributed by atoms with Crippen LogP contribution in [0.4, 0.5) is 0 Å². The first-order chi connectivity index (χ1) is 11.3. The number of benzene rings is 1. The van der Waals surface area contributed by atoms with Crippen LogP contribution in [0.25, 0.3) is 0 Å². The van der Waals surface area contributed by atoms with Crippen molar-refractivity contribution in [2.24, 2.45) is 11.8 Å². The number of hydrogen-bond donors (Lipinski definition) is 2. The van der Waals surface area contributed by atoms with Gasteiger partial charge in [0.2, 0.25) is 5.91 Å². The minimum atomic E-state index is -1.04. The monoisotopic (exact) mass is 333 g/mol. The third-order valence-corrected chi connectivity index (χ3v) is 3.85. The molecule has 0 bridgehead atoms. The van der Waals surface area contributed by atoms with Crippen molar-refractivity contribution in [1.82, 2.24) is 5.32 Å². The summed E-state index contributed by atoms with van der Waals surface area (Å²) in [6.45, 7) is 5.26. The fraction of sp³-hybridized carbons (Fsp3) is 0.526. The molecule has 0 aliphatic rings. The number of nitrogens with one attached hydrogen (secondary N) is 1. The molecule has 0 saturated heterocycles. The largest absolute Gasteiger partial charge is 0.480 e. The number of carboxylic acids is 1. The zero-order valence-electron chi connectivity index (χ0n) is 14.6. The van der Waals surface area contributed by atoms with E-state index in [0.717, 1.165) is 5.56 Å². The van der Waals surface area contributed by atoms with E-state index in [1.54, 1.807) is 0 Å². The van der Waals surface area contributed by atoms with Gasteiger partial charge in [0.15, 0.2) is 0 Å². The van der Waals surface area contributed by atoms with Crippen molar-refractivity contribution in [2.45, 2.75) is 52.5 Å². The minimum Gasteiger partial charge on any atom is -0.480 e. The molecular formula is C19H27NO4. The van der Waals surface area contributed by atoms with E-state index in [-0.39, 0.29) is 24.0 Å². The summed E-state index contributed by atoms with van der Waals surface area (Å²) in [4.78, 5) is 35.3. The van der Waals surface area contributed by atoms with Gasteiger partial charge in [-0.25, -0.2) is 4.79 Å². The third kappa shape index (κ3) is 7.40. The summed E-state index contributed by atoms with van der Waals surface area (Å²) in [6.07, 6.45) is 1.69. The van der Waals surface area contributed by atoms with Crippen LogP contribution in [-0.2, 0) is 20.8 Å². The van der Waals surface area contributed by atoms with Gasteiger partial charge in [-0.3, -0.25) is 4.79 Å². The molecule has 0 aromatic heterocycles. The minimum absolute atomic E-state index is 0.0704. The molecule has 1 aromatic rings. The highest BCUT2D eigenvalue weighted by Gasteiger charge is 2.26. The molecule has 1 rings (SSSR count). The molecule has 2 N–H and O–H groups in total. The number of carbonyl (C=O) groups excluding carboxylic acids is 2. The number of carbonyl (C=O) groups is 3. The standard InChI is InChI=1S/C19H27NO4/c1-13(2)11-17(19(23)24)20-18(22)16(12-14(3)21)10-9-15-7-5-4-6-8-15/h4-8,13,16-17H,9-12H2,1-3H3,(H,20,22)(H,23,24)/t16-,17+/m1/s1. The van der Waals surface area contributed by atoms with Crippen molar-refractivity contribution < 1.29 is 19.5 Å². The number of Topliss-reactive ketones (excluding diaryl/α,β-unsaturated/α-hetero) is 1. The fourth-order valence-corrected chi connectivity index (χ4v) is 2.64. The first-order valence-corrected chi connectivity index (χ1v) is 8.36. The van der Waals surface area contributed by atoms with Crippen LogP contribution in [0.2, 0.25) is 0 Å². The molecule has 5 heteroatoms. The second kappa shape index (κ2) is 9.85. The van der Waals surface area contributed by atoms with Crippen LogP contribution in [0, 0.1) is 11.8 Å². The SMILES string of the molecule is CC(=O)C[C@@H](CCc1ccccc1)C(=O)N[C@@H](CC(C)C)C(=O)O. The van der Waals surface area contributed by atoms with Crippen molar-refractivity contribution in [1.29, 1.82) is 0 Å². The van der Waals surface area contributed by atoms with E-state index in [1.807, 2.05) is 44.2 Å². The number of aliphatic carboxylic acids is 1. The third-order valence-electron chi connectivity index (χ3n) is 3.85. The van der Waals surface area contributed by atoms with Crippen LogP contribution in [-0.4, -0.2) is 28.8 Å². The maximum Gasteiger partial charge on any atom is 0.326 e. The zero-order chi connectivity index (χ0) is 18.1. The molecule has 0 aliphatic heterocycles. The highest BCUT2D eigenvalue weighted by Crippen LogP contribution is 2.16. The van der Waals surface area contributed by atoms with Crippen molar-refractivity contribution >= 4 is 17.7 Å². The Balaban J connectivity index is 2.72. The van der Waals surface area contributed by atoms with Gasteiger partial charge in [-0.2, -0.15) is 0 Å². The summed E-state index contributed by atoms with van der Waals surface area (Å²) in [6, 6.07) is 8.82. The molecule has 0 saturated carbocycles. The summed E-state index contributed by atoms with van der Waals surface area (Å²) in [7, 11) is 0. The van der Waals surface area contributed by atoms with E-state index in [1.165, 1.54) is 6.92 Å². The molecule has 2 atom stereocenters. The summed E-state index contributed by atoms with van der Waals surface area (Å²) in [5, 5.41) is 11.9. The van der Waals surface area contributed by atoms with E-state index in [9.17, 15) is 19.5 Å². The number of carboxylic acid groups (broad SMARTS) is 1. The van der Waals surface area contributed by atoms with Crippen LogP contribution >= 0.6 is 0 Å². The van der Waals surface area contributed by atoms with Crippen molar-refractivity contribution in [2.75, 3.05) is 0 Å². The van der Waals surface area contributed by atoms with Gasteiger partial charge < -0.3 is 15.2 Å². The average Bonchev–Trinajstić information content (AvgIpc) is 2.50. The predicted octanol–water partition coefficient (Wildman–Crippen LogP) is 2.83. The lowest BCUT2D eigenvalue weighted by Crippen LogP contribution is -2.44. The van der Waals surface area contributed by atoms with E-state index >= 15 is 0 Å². The maximum absolute atomic E-state index is 12.5. The van der Waals surface area contributed by atoms with Gasteiger partial charge >= 0.3 is 5.97 Å². The lowest BCUT2D eigenvalue weighted by Gasteiger charge is -2.21. The number of aryl methyl sites for hydroxylation is 1. The highest BCUT2D eigenvalue weighted by atomic mass is 16.4. The Hall–Kier alpha value is -2.17. The lowest BCUT2D eigenvalue weighted by molar-refractivity contribution is -0.143. The van der Waals surface area contributed by atoms with E-state index in [2.05, 4.69) is 5.32 Å². The first-order valence-electron chi connectivity index (χ1n) is 8.36. The normalized spacial score (nSPS) is 13.3. The number of amides is 1. The molecule has 0 radical (unpaired) electrons. The molecule has 132 valence electrons. The Kier molecular flexibility index (Phi) is 8.16. The predicted molar refractivity (Wildman–Crippen MR) is 92.6 cm³/mol. The molecule has 0 heterocycles. The van der Waals surface area contributed by atoms with E-state index in [4.69, 9.17) is 0 Å². The number of hydrogen-bond acceptors (Lipinski definition) is 3. The summed E-state index contributed by atoms with van der Waals surface area (Å²) in [5.74, 6) is -1.81. The van der Waals surface area contributed by atoms with Crippen molar-refractivity contribution in [3.05, 3.63) is 35.9 Å². The molecule has 0 fully saturated rings. The topological polar surface area (TPSA) is 83.5 Å². The average molecular weight is 333 g/mol. The van der Waals surface area contributed by atoms with Gasteiger partial charge in [0.25, 0.3) is 0 Å². The van der Waals surface area contributed by atoms with E-state index < -0.39 is 17.9 Å². The van der Waals surface area contributed by atoms with Gasteiger partial charge in [-0.1, -0.05) is 44.2 Å². The summed E-state index contributed by atoms with van der Waals surface area (Å²) < 4.78 is 0. The second-order valence-corrected chi connectivity index (χ2v) is 6.66. The summed E-state index contributed by atoms with van der Waals surface area (Å²) >= 11 is 0. The number of ketones is 1. The van der Waals surface area contributed by atoms with Crippen LogP contribution in [0.5, 0.6) is 0 Å². The van der Waals surface area contributed by atoms with Crippen LogP contribution in [0.15, 0.2) is 30.3 Å². The van der Waals surface area contributed by atoms with Crippen molar-refractivity contribution in [3.8, 4) is 0 Å². The smallest absolute Gasteiger partial charge is 0.326 e. The first kappa shape index (κ1) is 19.9. The Bertz CT molecular complexity index is 554. The van der Waals surface area contributed by atoms with Gasteiger partial charge in [0.1, 0.15) is 11.8 Å². The number of rotatable bonds is 10. The van der Waals surface area contributed by atoms with Crippen LogP contribution < -0.4 is 5.32 Å². The zero-order valence-corrected chi connectivity index (χ0v) is 14.6. The Labute approximate surface area is 143 Å². The Morgan fingerprint density at radius 1 is 1.12 bits per heavy atom. The van der Waals surface area contributed by atoms with Gasteiger partial charge in [0, 0.05) is 12.3 Å². The summed E-state index contributed by atoms with van der Waals surface area (Å²) in [5.41, 5.74) is 1.09.